The van der Waals surface area contributed by atoms with E-state index in [0.29, 0.717) is 25.8 Å². The molecule has 1 aromatic rings. The van der Waals surface area contributed by atoms with Crippen molar-refractivity contribution >= 4 is 10.0 Å². The lowest BCUT2D eigenvalue weighted by Gasteiger charge is -2.11. The number of benzene rings is 1. The van der Waals surface area contributed by atoms with Gasteiger partial charge in [-0.25, -0.2) is 13.1 Å². The van der Waals surface area contributed by atoms with Gasteiger partial charge in [0.25, 0.3) is 0 Å². The summed E-state index contributed by atoms with van der Waals surface area (Å²) in [6.45, 7) is 0.259. The molecule has 1 atom stereocenters. The topological polar surface area (TPSA) is 115 Å². The van der Waals surface area contributed by atoms with Crippen LogP contribution in [0.5, 0.6) is 0 Å². The molecule has 1 aromatic carbocycles. The molecule has 8 heteroatoms. The Morgan fingerprint density at radius 1 is 1.25 bits per heavy atom. The Morgan fingerprint density at radius 3 is 2.45 bits per heavy atom. The number of rotatable bonds is 9. The monoisotopic (exact) mass is 301 g/mol. The van der Waals surface area contributed by atoms with Gasteiger partial charge < -0.3 is 5.73 Å². The van der Waals surface area contributed by atoms with Crippen LogP contribution in [0.15, 0.2) is 35.2 Å². The summed E-state index contributed by atoms with van der Waals surface area (Å²) in [5, 5.41) is 10.9. The van der Waals surface area contributed by atoms with Gasteiger partial charge in [-0.1, -0.05) is 18.2 Å². The van der Waals surface area contributed by atoms with Gasteiger partial charge in [0.05, 0.1) is 11.4 Å². The first kappa shape index (κ1) is 16.5. The van der Waals surface area contributed by atoms with E-state index >= 15 is 0 Å². The van der Waals surface area contributed by atoms with Gasteiger partial charge in [0.2, 0.25) is 16.1 Å². The number of nitro groups is 1. The normalized spacial score (nSPS) is 13.1. The first-order valence-electron chi connectivity index (χ1n) is 6.35. The Bertz CT molecular complexity index is 519. The van der Waals surface area contributed by atoms with Crippen LogP contribution in [0.1, 0.15) is 19.3 Å². The fourth-order valence-corrected chi connectivity index (χ4v) is 2.79. The summed E-state index contributed by atoms with van der Waals surface area (Å²) >= 11 is 0. The number of sulfonamides is 1. The second kappa shape index (κ2) is 7.93. The lowest BCUT2D eigenvalue weighted by atomic mass is 10.1. The largest absolute Gasteiger partial charge is 0.330 e. The Kier molecular flexibility index (Phi) is 6.56. The van der Waals surface area contributed by atoms with Crippen LogP contribution in [-0.2, 0) is 10.0 Å². The zero-order valence-corrected chi connectivity index (χ0v) is 11.9. The van der Waals surface area contributed by atoms with E-state index in [9.17, 15) is 18.5 Å². The molecule has 0 bridgehead atoms. The summed E-state index contributed by atoms with van der Waals surface area (Å²) < 4.78 is 26.2. The molecule has 20 heavy (non-hydrogen) atoms. The summed E-state index contributed by atoms with van der Waals surface area (Å²) in [7, 11) is -3.70. The predicted octanol–water partition coefficient (Wildman–Crippen LogP) is 0.739. The Balaban J connectivity index is 2.60. The highest BCUT2D eigenvalue weighted by Gasteiger charge is 2.23. The Morgan fingerprint density at radius 2 is 1.90 bits per heavy atom. The number of nitrogens with one attached hydrogen (secondary N) is 1. The molecule has 0 amide bonds. The maximum Gasteiger partial charge on any atom is 0.240 e. The minimum absolute atomic E-state index is 0.101. The maximum atomic E-state index is 11.9. The molecule has 0 radical (unpaired) electrons. The van der Waals surface area contributed by atoms with Crippen LogP contribution in [0.4, 0.5) is 0 Å². The lowest BCUT2D eigenvalue weighted by Crippen LogP contribution is -2.36. The summed E-state index contributed by atoms with van der Waals surface area (Å²) in [6.07, 6.45) is 1.60. The zero-order valence-electron chi connectivity index (χ0n) is 11.1. The zero-order chi connectivity index (χ0) is 15.0. The fraction of sp³-hybridized carbons (Fsp3) is 0.500. The predicted molar refractivity (Wildman–Crippen MR) is 75.3 cm³/mol. The van der Waals surface area contributed by atoms with Crippen LogP contribution in [0.25, 0.3) is 0 Å². The molecule has 7 nitrogen and oxygen atoms in total. The molecule has 112 valence electrons. The van der Waals surface area contributed by atoms with E-state index in [-0.39, 0.29) is 11.4 Å². The van der Waals surface area contributed by atoms with Crippen LogP contribution in [0.2, 0.25) is 0 Å². The van der Waals surface area contributed by atoms with E-state index in [1.54, 1.807) is 18.2 Å². The molecule has 0 aromatic heterocycles. The van der Waals surface area contributed by atoms with Gasteiger partial charge in [-0.3, -0.25) is 10.1 Å². The number of hydrogen-bond acceptors (Lipinski definition) is 5. The smallest absolute Gasteiger partial charge is 0.240 e. The summed E-state index contributed by atoms with van der Waals surface area (Å²) in [5.41, 5.74) is 5.33. The van der Waals surface area contributed by atoms with E-state index < -0.39 is 21.0 Å². The second-order valence-corrected chi connectivity index (χ2v) is 6.16. The van der Waals surface area contributed by atoms with Crippen LogP contribution in [-0.4, -0.2) is 32.5 Å². The van der Waals surface area contributed by atoms with E-state index in [0.717, 1.165) is 0 Å². The summed E-state index contributed by atoms with van der Waals surface area (Å²) in [4.78, 5) is 10.5. The standard InChI is InChI=1S/C12H19N3O4S/c13-9-5-4-6-11(15(16)17)10-14-20(18,19)12-7-2-1-3-8-12/h1-3,7-8,11,14H,4-6,9-10,13H2. The molecule has 0 saturated carbocycles. The molecular formula is C12H19N3O4S. The average Bonchev–Trinajstić information content (AvgIpc) is 2.43. The molecule has 0 saturated heterocycles. The van der Waals surface area contributed by atoms with Crippen molar-refractivity contribution in [2.75, 3.05) is 13.1 Å². The first-order chi connectivity index (χ1) is 9.47. The number of nitrogens with zero attached hydrogens (tertiary/aromatic N) is 1. The fourth-order valence-electron chi connectivity index (χ4n) is 1.70. The van der Waals surface area contributed by atoms with Crippen molar-refractivity contribution in [2.24, 2.45) is 5.73 Å². The third-order valence-corrected chi connectivity index (χ3v) is 4.29. The quantitative estimate of drug-likeness (QED) is 0.396. The van der Waals surface area contributed by atoms with Gasteiger partial charge in [0, 0.05) is 11.3 Å². The highest BCUT2D eigenvalue weighted by atomic mass is 32.2. The van der Waals surface area contributed by atoms with Crippen molar-refractivity contribution in [3.8, 4) is 0 Å². The Labute approximate surface area is 118 Å². The van der Waals surface area contributed by atoms with Crippen LogP contribution >= 0.6 is 0 Å². The molecule has 0 aliphatic carbocycles. The van der Waals surface area contributed by atoms with Crippen molar-refractivity contribution < 1.29 is 13.3 Å². The molecule has 1 rings (SSSR count). The van der Waals surface area contributed by atoms with Crippen molar-refractivity contribution in [2.45, 2.75) is 30.2 Å². The van der Waals surface area contributed by atoms with Crippen molar-refractivity contribution in [1.82, 2.24) is 4.72 Å². The summed E-state index contributed by atoms with van der Waals surface area (Å²) in [6, 6.07) is 6.85. The molecule has 0 aliphatic rings. The molecule has 1 unspecified atom stereocenters. The van der Waals surface area contributed by atoms with Crippen LogP contribution < -0.4 is 10.5 Å². The van der Waals surface area contributed by atoms with Gasteiger partial charge in [-0.2, -0.15) is 0 Å². The highest BCUT2D eigenvalue weighted by Crippen LogP contribution is 2.09. The highest BCUT2D eigenvalue weighted by molar-refractivity contribution is 7.89. The third-order valence-electron chi connectivity index (χ3n) is 2.85. The van der Waals surface area contributed by atoms with E-state index in [4.69, 9.17) is 5.73 Å². The first-order valence-corrected chi connectivity index (χ1v) is 7.84. The van der Waals surface area contributed by atoms with E-state index in [1.165, 1.54) is 12.1 Å². The SMILES string of the molecule is NCCCCC(CNS(=O)(=O)c1ccccc1)[N+](=O)[O-]. The van der Waals surface area contributed by atoms with Crippen molar-refractivity contribution in [3.63, 3.8) is 0 Å². The summed E-state index contributed by atoms with van der Waals surface area (Å²) in [5.74, 6) is 0. The van der Waals surface area contributed by atoms with Gasteiger partial charge in [0.1, 0.15) is 0 Å². The molecule has 0 spiro atoms. The van der Waals surface area contributed by atoms with E-state index in [1.807, 2.05) is 0 Å². The second-order valence-electron chi connectivity index (χ2n) is 4.39. The molecule has 0 heterocycles. The number of hydrogen-bond donors (Lipinski definition) is 2. The Hall–Kier alpha value is -1.51. The van der Waals surface area contributed by atoms with Crippen molar-refractivity contribution in [3.05, 3.63) is 40.4 Å². The van der Waals surface area contributed by atoms with E-state index in [2.05, 4.69) is 4.72 Å². The van der Waals surface area contributed by atoms with Gasteiger partial charge in [-0.15, -0.1) is 0 Å². The van der Waals surface area contributed by atoms with Crippen LogP contribution in [0, 0.1) is 10.1 Å². The molecule has 0 aliphatic heterocycles. The van der Waals surface area contributed by atoms with Gasteiger partial charge in [-0.05, 0) is 31.5 Å². The van der Waals surface area contributed by atoms with Gasteiger partial charge in [0.15, 0.2) is 0 Å². The molecule has 0 fully saturated rings. The van der Waals surface area contributed by atoms with Crippen molar-refractivity contribution in [1.29, 1.82) is 0 Å². The minimum Gasteiger partial charge on any atom is -0.330 e. The molecular weight excluding hydrogens is 282 g/mol. The van der Waals surface area contributed by atoms with Crippen LogP contribution in [0.3, 0.4) is 0 Å². The number of nitrogens with two attached hydrogens (primary N) is 1. The van der Waals surface area contributed by atoms with Gasteiger partial charge >= 0.3 is 0 Å². The maximum absolute atomic E-state index is 11.9. The average molecular weight is 301 g/mol. The third kappa shape index (κ3) is 5.24. The molecule has 3 N–H and O–H groups in total. The number of unbranched alkanes of at least 4 members (excludes halogenated alkanes) is 1. The lowest BCUT2D eigenvalue weighted by molar-refractivity contribution is -0.521. The minimum atomic E-state index is -3.70.